The van der Waals surface area contributed by atoms with Crippen LogP contribution in [0.25, 0.3) is 0 Å². The Balaban J connectivity index is 1.61. The van der Waals surface area contributed by atoms with Crippen LogP contribution in [0.4, 0.5) is 0 Å². The Bertz CT molecular complexity index is 448. The molecule has 5 nitrogen and oxygen atoms in total. The van der Waals surface area contributed by atoms with Crippen LogP contribution in [-0.4, -0.2) is 44.9 Å². The quantitative estimate of drug-likeness (QED) is 0.736. The van der Waals surface area contributed by atoms with E-state index in [0.717, 1.165) is 50.2 Å². The number of fused-ring (bicyclic) bond motifs is 1. The molecule has 2 aliphatic heterocycles. The highest BCUT2D eigenvalue weighted by Crippen LogP contribution is 2.18. The highest BCUT2D eigenvalue weighted by Gasteiger charge is 2.21. The summed E-state index contributed by atoms with van der Waals surface area (Å²) in [5.41, 5.74) is 3.22. The number of hydrogen-bond donors (Lipinski definition) is 2. The molecule has 3 heterocycles. The summed E-state index contributed by atoms with van der Waals surface area (Å²) in [6.45, 7) is 3.54. The largest absolute Gasteiger partial charge is 0.483 e. The molecule has 0 unspecified atom stereocenters. The Morgan fingerprint density at radius 3 is 2.83 bits per heavy atom. The van der Waals surface area contributed by atoms with Gasteiger partial charge in [-0.1, -0.05) is 6.08 Å². The second-order valence-corrected chi connectivity index (χ2v) is 5.09. The van der Waals surface area contributed by atoms with Crippen LogP contribution in [0, 0.1) is 0 Å². The molecule has 3 rings (SSSR count). The van der Waals surface area contributed by atoms with Gasteiger partial charge in [0.2, 0.25) is 0 Å². The predicted molar refractivity (Wildman–Crippen MR) is 68.7 cm³/mol. The summed E-state index contributed by atoms with van der Waals surface area (Å²) in [7, 11) is -1.29. The molecule has 0 aliphatic carbocycles. The molecule has 0 amide bonds. The molecule has 18 heavy (non-hydrogen) atoms. The third kappa shape index (κ3) is 2.36. The van der Waals surface area contributed by atoms with E-state index in [1.165, 1.54) is 12.1 Å². The number of hydrogen-bond acceptors (Lipinski definition) is 4. The van der Waals surface area contributed by atoms with Gasteiger partial charge in [-0.2, -0.15) is 5.10 Å². The van der Waals surface area contributed by atoms with Crippen LogP contribution in [0.1, 0.15) is 24.2 Å². The smallest absolute Gasteiger partial charge is 0.423 e. The van der Waals surface area contributed by atoms with E-state index >= 15 is 0 Å². The molecular formula is C12H18BN3O2. The topological polar surface area (TPSA) is 61.5 Å². The van der Waals surface area contributed by atoms with Gasteiger partial charge in [0.25, 0.3) is 0 Å². The molecule has 1 aromatic rings. The fourth-order valence-corrected chi connectivity index (χ4v) is 2.73. The summed E-state index contributed by atoms with van der Waals surface area (Å²) >= 11 is 0. The van der Waals surface area contributed by atoms with Crippen LogP contribution in [0.15, 0.2) is 17.6 Å². The van der Waals surface area contributed by atoms with E-state index < -0.39 is 7.12 Å². The summed E-state index contributed by atoms with van der Waals surface area (Å²) in [4.78, 5) is 2.28. The SMILES string of the molecule is OB(O)C1=CCN(Cc2cc3n(n2)CCC3)CC1. The standard InChI is InChI=1S/C12H18BN3O2/c17-13(18)10-3-6-15(7-4-10)9-11-8-12-2-1-5-16(12)14-11/h3,8,17-18H,1-2,4-7,9H2. The molecule has 0 saturated carbocycles. The molecule has 0 bridgehead atoms. The van der Waals surface area contributed by atoms with E-state index in [2.05, 4.69) is 20.7 Å². The van der Waals surface area contributed by atoms with Crippen molar-refractivity contribution in [2.75, 3.05) is 13.1 Å². The average molecular weight is 247 g/mol. The van der Waals surface area contributed by atoms with E-state index in [9.17, 15) is 0 Å². The van der Waals surface area contributed by atoms with Crippen molar-refractivity contribution in [2.24, 2.45) is 0 Å². The van der Waals surface area contributed by atoms with Crippen molar-refractivity contribution < 1.29 is 10.0 Å². The molecule has 0 atom stereocenters. The van der Waals surface area contributed by atoms with Crippen LogP contribution in [0.5, 0.6) is 0 Å². The molecule has 0 fully saturated rings. The Morgan fingerprint density at radius 1 is 1.28 bits per heavy atom. The summed E-state index contributed by atoms with van der Waals surface area (Å²) in [5.74, 6) is 0. The molecule has 0 aromatic carbocycles. The van der Waals surface area contributed by atoms with Crippen molar-refractivity contribution >= 4 is 7.12 Å². The lowest BCUT2D eigenvalue weighted by atomic mass is 9.76. The van der Waals surface area contributed by atoms with Gasteiger partial charge in [-0.3, -0.25) is 9.58 Å². The summed E-state index contributed by atoms with van der Waals surface area (Å²) in [6, 6.07) is 2.20. The lowest BCUT2D eigenvalue weighted by Crippen LogP contribution is -2.32. The summed E-state index contributed by atoms with van der Waals surface area (Å²) in [6.07, 6.45) is 5.00. The van der Waals surface area contributed by atoms with E-state index in [1.807, 2.05) is 6.08 Å². The van der Waals surface area contributed by atoms with E-state index in [0.29, 0.717) is 0 Å². The molecule has 0 radical (unpaired) electrons. The molecule has 6 heteroatoms. The normalized spacial score (nSPS) is 19.8. The maximum absolute atomic E-state index is 9.09. The minimum absolute atomic E-state index is 0.727. The predicted octanol–water partition coefficient (Wildman–Crippen LogP) is -0.0266. The van der Waals surface area contributed by atoms with Crippen molar-refractivity contribution in [2.45, 2.75) is 32.4 Å². The van der Waals surface area contributed by atoms with Crippen LogP contribution in [0.3, 0.4) is 0 Å². The van der Waals surface area contributed by atoms with E-state index in [-0.39, 0.29) is 0 Å². The van der Waals surface area contributed by atoms with Gasteiger partial charge in [0, 0.05) is 31.9 Å². The maximum Gasteiger partial charge on any atom is 0.483 e. The Kier molecular flexibility index (Phi) is 3.24. The van der Waals surface area contributed by atoms with Gasteiger partial charge in [0.15, 0.2) is 0 Å². The lowest BCUT2D eigenvalue weighted by Gasteiger charge is -2.25. The first-order valence-corrected chi connectivity index (χ1v) is 6.55. The number of aromatic nitrogens is 2. The van der Waals surface area contributed by atoms with Crippen LogP contribution in [-0.2, 0) is 19.5 Å². The van der Waals surface area contributed by atoms with Gasteiger partial charge < -0.3 is 10.0 Å². The highest BCUT2D eigenvalue weighted by atomic mass is 16.4. The molecule has 2 N–H and O–H groups in total. The molecule has 1 aromatic heterocycles. The Labute approximate surface area is 107 Å². The molecule has 0 saturated heterocycles. The third-order valence-electron chi connectivity index (χ3n) is 3.76. The highest BCUT2D eigenvalue weighted by molar-refractivity contribution is 6.50. The first-order chi connectivity index (χ1) is 8.72. The van der Waals surface area contributed by atoms with Crippen molar-refractivity contribution in [3.05, 3.63) is 29.0 Å². The van der Waals surface area contributed by atoms with Gasteiger partial charge >= 0.3 is 7.12 Å². The van der Waals surface area contributed by atoms with Crippen molar-refractivity contribution in [3.63, 3.8) is 0 Å². The zero-order chi connectivity index (χ0) is 12.5. The zero-order valence-electron chi connectivity index (χ0n) is 10.4. The van der Waals surface area contributed by atoms with Crippen LogP contribution >= 0.6 is 0 Å². The minimum atomic E-state index is -1.29. The van der Waals surface area contributed by atoms with Gasteiger partial charge in [0.05, 0.1) is 5.69 Å². The van der Waals surface area contributed by atoms with Crippen molar-refractivity contribution in [1.82, 2.24) is 14.7 Å². The number of aryl methyl sites for hydroxylation is 2. The maximum atomic E-state index is 9.09. The Morgan fingerprint density at radius 2 is 2.17 bits per heavy atom. The monoisotopic (exact) mass is 247 g/mol. The van der Waals surface area contributed by atoms with Crippen LogP contribution < -0.4 is 0 Å². The minimum Gasteiger partial charge on any atom is -0.423 e. The van der Waals surface area contributed by atoms with Gasteiger partial charge in [-0.25, -0.2) is 0 Å². The molecule has 2 aliphatic rings. The Hall–Kier alpha value is -1.11. The van der Waals surface area contributed by atoms with Gasteiger partial charge in [-0.15, -0.1) is 0 Å². The van der Waals surface area contributed by atoms with Crippen molar-refractivity contribution in [3.8, 4) is 0 Å². The first kappa shape index (κ1) is 12.0. The number of rotatable bonds is 3. The fraction of sp³-hybridized carbons (Fsp3) is 0.583. The average Bonchev–Trinajstić information content (AvgIpc) is 2.90. The molecular weight excluding hydrogens is 229 g/mol. The van der Waals surface area contributed by atoms with Gasteiger partial charge in [-0.05, 0) is 30.8 Å². The third-order valence-corrected chi connectivity index (χ3v) is 3.76. The second-order valence-electron chi connectivity index (χ2n) is 5.09. The fourth-order valence-electron chi connectivity index (χ4n) is 2.73. The van der Waals surface area contributed by atoms with Crippen molar-refractivity contribution in [1.29, 1.82) is 0 Å². The zero-order valence-corrected chi connectivity index (χ0v) is 10.4. The second kappa shape index (κ2) is 4.88. The van der Waals surface area contributed by atoms with Crippen LogP contribution in [0.2, 0.25) is 0 Å². The summed E-state index contributed by atoms with van der Waals surface area (Å²) < 4.78 is 2.11. The van der Waals surface area contributed by atoms with E-state index in [4.69, 9.17) is 10.0 Å². The first-order valence-electron chi connectivity index (χ1n) is 6.55. The number of nitrogens with zero attached hydrogens (tertiary/aromatic N) is 3. The summed E-state index contributed by atoms with van der Waals surface area (Å²) in [5, 5.41) is 22.8. The van der Waals surface area contributed by atoms with E-state index in [1.54, 1.807) is 0 Å². The molecule has 0 spiro atoms. The van der Waals surface area contributed by atoms with Gasteiger partial charge in [0.1, 0.15) is 0 Å². The molecule has 96 valence electrons. The lowest BCUT2D eigenvalue weighted by molar-refractivity contribution is 0.280.